The molecule has 2 N–H and O–H groups in total. The molecule has 2 atom stereocenters. The summed E-state index contributed by atoms with van der Waals surface area (Å²) in [6.07, 6.45) is 21.6. The molecule has 0 radical (unpaired) electrons. The van der Waals surface area contributed by atoms with E-state index in [0.29, 0.717) is 6.42 Å². The summed E-state index contributed by atoms with van der Waals surface area (Å²) in [5.41, 5.74) is 0. The van der Waals surface area contributed by atoms with Crippen LogP contribution in [0.4, 0.5) is 0 Å². The van der Waals surface area contributed by atoms with Crippen LogP contribution in [0.1, 0.15) is 142 Å². The zero-order valence-electron chi connectivity index (χ0n) is 20.0. The maximum atomic E-state index is 12.0. The van der Waals surface area contributed by atoms with E-state index < -0.39 is 11.9 Å². The van der Waals surface area contributed by atoms with Gasteiger partial charge in [-0.25, -0.2) is 0 Å². The summed E-state index contributed by atoms with van der Waals surface area (Å²) in [6, 6.07) is 0. The summed E-state index contributed by atoms with van der Waals surface area (Å²) in [4.78, 5) is 22.7. The first kappa shape index (κ1) is 28.9. The molecular weight excluding hydrogens is 376 g/mol. The van der Waals surface area contributed by atoms with Crippen LogP contribution in [0.15, 0.2) is 0 Å². The standard InChI is InChI=1S/C26H50O4/c1-3-5-7-9-10-11-12-13-17-21-24(26(29)30)23(19-15-8-6-4-2)20-16-14-18-22-25(27)28/h23-24H,3-22H2,1-2H3,(H,27,28)(H,29,30). The Kier molecular flexibility index (Phi) is 20.4. The zero-order valence-corrected chi connectivity index (χ0v) is 20.0. The molecule has 0 aromatic heterocycles. The first-order valence-electron chi connectivity index (χ1n) is 13.0. The highest BCUT2D eigenvalue weighted by Crippen LogP contribution is 2.30. The number of unbranched alkanes of at least 4 members (excludes halogenated alkanes) is 13. The Morgan fingerprint density at radius 3 is 1.43 bits per heavy atom. The average Bonchev–Trinajstić information content (AvgIpc) is 2.70. The van der Waals surface area contributed by atoms with Crippen molar-refractivity contribution in [2.75, 3.05) is 0 Å². The van der Waals surface area contributed by atoms with Gasteiger partial charge in [0.1, 0.15) is 0 Å². The Bertz CT molecular complexity index is 408. The van der Waals surface area contributed by atoms with Gasteiger partial charge >= 0.3 is 11.9 Å². The number of rotatable bonds is 23. The lowest BCUT2D eigenvalue weighted by atomic mass is 9.80. The minimum absolute atomic E-state index is 0.224. The van der Waals surface area contributed by atoms with E-state index in [1.807, 2.05) is 0 Å². The molecular formula is C26H50O4. The smallest absolute Gasteiger partial charge is 0.306 e. The highest BCUT2D eigenvalue weighted by Gasteiger charge is 2.26. The van der Waals surface area contributed by atoms with Gasteiger partial charge in [-0.15, -0.1) is 0 Å². The second-order valence-corrected chi connectivity index (χ2v) is 9.16. The molecule has 0 aliphatic rings. The van der Waals surface area contributed by atoms with Gasteiger partial charge in [-0.05, 0) is 31.6 Å². The average molecular weight is 427 g/mol. The predicted molar refractivity (Wildman–Crippen MR) is 126 cm³/mol. The van der Waals surface area contributed by atoms with Crippen molar-refractivity contribution in [3.63, 3.8) is 0 Å². The van der Waals surface area contributed by atoms with Gasteiger partial charge in [0, 0.05) is 6.42 Å². The fourth-order valence-corrected chi connectivity index (χ4v) is 4.48. The number of aliphatic carboxylic acids is 2. The lowest BCUT2D eigenvalue weighted by Gasteiger charge is -2.24. The molecule has 0 aromatic rings. The molecule has 0 aliphatic heterocycles. The maximum Gasteiger partial charge on any atom is 0.306 e. The van der Waals surface area contributed by atoms with Crippen LogP contribution in [0.3, 0.4) is 0 Å². The fraction of sp³-hybridized carbons (Fsp3) is 0.923. The topological polar surface area (TPSA) is 74.6 Å². The highest BCUT2D eigenvalue weighted by molar-refractivity contribution is 5.70. The largest absolute Gasteiger partial charge is 0.481 e. The fourth-order valence-electron chi connectivity index (χ4n) is 4.48. The molecule has 178 valence electrons. The van der Waals surface area contributed by atoms with Crippen LogP contribution in [0.25, 0.3) is 0 Å². The molecule has 30 heavy (non-hydrogen) atoms. The van der Waals surface area contributed by atoms with E-state index in [-0.39, 0.29) is 18.3 Å². The van der Waals surface area contributed by atoms with Gasteiger partial charge in [-0.1, -0.05) is 110 Å². The van der Waals surface area contributed by atoms with Gasteiger partial charge in [-0.3, -0.25) is 9.59 Å². The van der Waals surface area contributed by atoms with Crippen LogP contribution < -0.4 is 0 Å². The Morgan fingerprint density at radius 1 is 0.567 bits per heavy atom. The molecule has 0 amide bonds. The van der Waals surface area contributed by atoms with Crippen molar-refractivity contribution in [1.82, 2.24) is 0 Å². The predicted octanol–water partition coefficient (Wildman–Crippen LogP) is 8.23. The Balaban J connectivity index is 4.32. The van der Waals surface area contributed by atoms with Crippen molar-refractivity contribution < 1.29 is 19.8 Å². The van der Waals surface area contributed by atoms with Crippen LogP contribution >= 0.6 is 0 Å². The lowest BCUT2D eigenvalue weighted by molar-refractivity contribution is -0.144. The van der Waals surface area contributed by atoms with Crippen molar-refractivity contribution in [3.05, 3.63) is 0 Å². The second kappa shape index (κ2) is 21.2. The van der Waals surface area contributed by atoms with E-state index in [2.05, 4.69) is 13.8 Å². The molecule has 0 spiro atoms. The van der Waals surface area contributed by atoms with Gasteiger partial charge in [0.15, 0.2) is 0 Å². The summed E-state index contributed by atoms with van der Waals surface area (Å²) in [5, 5.41) is 18.7. The molecule has 0 saturated heterocycles. The van der Waals surface area contributed by atoms with Crippen LogP contribution in [0, 0.1) is 11.8 Å². The van der Waals surface area contributed by atoms with Crippen molar-refractivity contribution in [3.8, 4) is 0 Å². The van der Waals surface area contributed by atoms with E-state index in [4.69, 9.17) is 5.11 Å². The van der Waals surface area contributed by atoms with E-state index in [1.54, 1.807) is 0 Å². The van der Waals surface area contributed by atoms with Crippen molar-refractivity contribution >= 4 is 11.9 Å². The van der Waals surface area contributed by atoms with Gasteiger partial charge in [0.2, 0.25) is 0 Å². The molecule has 0 rings (SSSR count). The van der Waals surface area contributed by atoms with Crippen molar-refractivity contribution in [2.24, 2.45) is 11.8 Å². The summed E-state index contributed by atoms with van der Waals surface area (Å²) >= 11 is 0. The molecule has 0 aliphatic carbocycles. The van der Waals surface area contributed by atoms with Gasteiger partial charge in [-0.2, -0.15) is 0 Å². The second-order valence-electron chi connectivity index (χ2n) is 9.16. The summed E-state index contributed by atoms with van der Waals surface area (Å²) < 4.78 is 0. The first-order chi connectivity index (χ1) is 14.5. The lowest BCUT2D eigenvalue weighted by Crippen LogP contribution is -2.24. The van der Waals surface area contributed by atoms with E-state index in [9.17, 15) is 14.7 Å². The minimum atomic E-state index is -0.736. The third-order valence-corrected chi connectivity index (χ3v) is 6.40. The normalized spacial score (nSPS) is 13.3. The summed E-state index contributed by atoms with van der Waals surface area (Å²) in [7, 11) is 0. The van der Waals surface area contributed by atoms with Crippen LogP contribution in [0.2, 0.25) is 0 Å². The molecule has 4 heteroatoms. The zero-order chi connectivity index (χ0) is 22.5. The number of hydrogen-bond acceptors (Lipinski definition) is 2. The number of carbonyl (C=O) groups is 2. The van der Waals surface area contributed by atoms with E-state index in [1.165, 1.54) is 64.2 Å². The summed E-state index contributed by atoms with van der Waals surface area (Å²) in [6.45, 7) is 4.44. The highest BCUT2D eigenvalue weighted by atomic mass is 16.4. The minimum Gasteiger partial charge on any atom is -0.481 e. The molecule has 0 bridgehead atoms. The molecule has 0 saturated carbocycles. The molecule has 2 unspecified atom stereocenters. The van der Waals surface area contributed by atoms with Crippen molar-refractivity contribution in [2.45, 2.75) is 142 Å². The quantitative estimate of drug-likeness (QED) is 0.161. The molecule has 0 aromatic carbocycles. The maximum absolute atomic E-state index is 12.0. The van der Waals surface area contributed by atoms with Crippen LogP contribution in [-0.4, -0.2) is 22.2 Å². The first-order valence-corrected chi connectivity index (χ1v) is 13.0. The van der Waals surface area contributed by atoms with Gasteiger partial charge in [0.05, 0.1) is 5.92 Å². The Morgan fingerprint density at radius 2 is 0.967 bits per heavy atom. The monoisotopic (exact) mass is 426 g/mol. The Labute approximate surface area is 186 Å². The third-order valence-electron chi connectivity index (χ3n) is 6.40. The van der Waals surface area contributed by atoms with Crippen LogP contribution in [0.5, 0.6) is 0 Å². The number of carboxylic acid groups (broad SMARTS) is 2. The van der Waals surface area contributed by atoms with Crippen molar-refractivity contribution in [1.29, 1.82) is 0 Å². The van der Waals surface area contributed by atoms with E-state index >= 15 is 0 Å². The van der Waals surface area contributed by atoms with Gasteiger partial charge < -0.3 is 10.2 Å². The molecule has 0 heterocycles. The van der Waals surface area contributed by atoms with Crippen LogP contribution in [-0.2, 0) is 9.59 Å². The number of hydrogen-bond donors (Lipinski definition) is 2. The SMILES string of the molecule is CCCCCCCCCCCC(C(=O)O)C(CCCCCC)CCCCCC(=O)O. The third kappa shape index (κ3) is 17.8. The summed E-state index contributed by atoms with van der Waals surface area (Å²) in [5.74, 6) is -1.34. The van der Waals surface area contributed by atoms with Gasteiger partial charge in [0.25, 0.3) is 0 Å². The molecule has 0 fully saturated rings. The molecule has 4 nitrogen and oxygen atoms in total. The van der Waals surface area contributed by atoms with E-state index in [0.717, 1.165) is 51.4 Å². The number of carboxylic acids is 2. The Hall–Kier alpha value is -1.06.